The zero-order chi connectivity index (χ0) is 12.3. The van der Waals surface area contributed by atoms with Crippen LogP contribution in [0, 0.1) is 23.2 Å². The maximum Gasteiger partial charge on any atom is 0.146 e. The monoisotopic (exact) mass is 230 g/mol. The van der Waals surface area contributed by atoms with Gasteiger partial charge in [-0.15, -0.1) is 0 Å². The molecule has 0 saturated heterocycles. The van der Waals surface area contributed by atoms with Gasteiger partial charge < -0.3 is 14.6 Å². The van der Waals surface area contributed by atoms with E-state index in [9.17, 15) is 5.11 Å². The fourth-order valence-electron chi connectivity index (χ4n) is 2.70. The van der Waals surface area contributed by atoms with Crippen LogP contribution in [0.2, 0.25) is 0 Å². The highest BCUT2D eigenvalue weighted by Crippen LogP contribution is 2.47. The molecule has 0 aliphatic heterocycles. The number of aliphatic hydroxyl groups is 1. The summed E-state index contributed by atoms with van der Waals surface area (Å²) in [6.45, 7) is 9.93. The summed E-state index contributed by atoms with van der Waals surface area (Å²) in [5.74, 6) is 1.24. The predicted octanol–water partition coefficient (Wildman–Crippen LogP) is 2.29. The normalized spacial score (nSPS) is 38.6. The largest absolute Gasteiger partial charge is 0.393 e. The van der Waals surface area contributed by atoms with Gasteiger partial charge in [0.2, 0.25) is 0 Å². The third-order valence-electron chi connectivity index (χ3n) is 4.69. The summed E-state index contributed by atoms with van der Waals surface area (Å²) in [6, 6.07) is 0. The molecular weight excluding hydrogens is 204 g/mol. The minimum Gasteiger partial charge on any atom is -0.393 e. The lowest BCUT2D eigenvalue weighted by molar-refractivity contribution is -0.116. The number of hydrogen-bond acceptors (Lipinski definition) is 3. The van der Waals surface area contributed by atoms with Gasteiger partial charge in [-0.3, -0.25) is 0 Å². The van der Waals surface area contributed by atoms with Gasteiger partial charge in [0.05, 0.1) is 12.7 Å². The number of aliphatic hydroxyl groups excluding tert-OH is 1. The Morgan fingerprint density at radius 3 is 2.50 bits per heavy atom. The van der Waals surface area contributed by atoms with Gasteiger partial charge in [0.1, 0.15) is 6.79 Å². The minimum absolute atomic E-state index is 0.223. The molecule has 0 unspecified atom stereocenters. The van der Waals surface area contributed by atoms with E-state index in [-0.39, 0.29) is 17.4 Å². The van der Waals surface area contributed by atoms with Gasteiger partial charge in [-0.2, -0.15) is 0 Å². The van der Waals surface area contributed by atoms with Crippen LogP contribution in [0.25, 0.3) is 0 Å². The highest BCUT2D eigenvalue weighted by molar-refractivity contribution is 4.93. The molecule has 0 aromatic carbocycles. The van der Waals surface area contributed by atoms with Gasteiger partial charge in [0, 0.05) is 13.0 Å². The lowest BCUT2D eigenvalue weighted by Crippen LogP contribution is -2.47. The number of hydrogen-bond donors (Lipinski definition) is 1. The Hall–Kier alpha value is -0.120. The van der Waals surface area contributed by atoms with Crippen molar-refractivity contribution in [2.75, 3.05) is 20.5 Å². The summed E-state index contributed by atoms with van der Waals surface area (Å²) < 4.78 is 10.3. The zero-order valence-electron chi connectivity index (χ0n) is 11.2. The van der Waals surface area contributed by atoms with Crippen LogP contribution in [0.4, 0.5) is 0 Å². The second-order valence-electron chi connectivity index (χ2n) is 5.76. The van der Waals surface area contributed by atoms with Crippen LogP contribution >= 0.6 is 0 Å². The molecule has 0 amide bonds. The van der Waals surface area contributed by atoms with Gasteiger partial charge in [-0.25, -0.2) is 0 Å². The molecule has 1 aliphatic carbocycles. The van der Waals surface area contributed by atoms with Crippen molar-refractivity contribution in [3.05, 3.63) is 0 Å². The number of ether oxygens (including phenoxy) is 2. The molecule has 1 N–H and O–H groups in total. The Bertz CT molecular complexity index is 215. The minimum atomic E-state index is -0.241. The second kappa shape index (κ2) is 5.48. The molecule has 0 aromatic heterocycles. The highest BCUT2D eigenvalue weighted by atomic mass is 16.7. The van der Waals surface area contributed by atoms with Gasteiger partial charge >= 0.3 is 0 Å². The van der Waals surface area contributed by atoms with Gasteiger partial charge in [-0.1, -0.05) is 27.7 Å². The first kappa shape index (κ1) is 13.9. The van der Waals surface area contributed by atoms with Gasteiger partial charge in [0.25, 0.3) is 0 Å². The Balaban J connectivity index is 2.61. The summed E-state index contributed by atoms with van der Waals surface area (Å²) in [5, 5.41) is 10.1. The lowest BCUT2D eigenvalue weighted by atomic mass is 9.58. The summed E-state index contributed by atoms with van der Waals surface area (Å²) in [5.41, 5.74) is 0.264. The Morgan fingerprint density at radius 2 is 1.94 bits per heavy atom. The van der Waals surface area contributed by atoms with Crippen LogP contribution in [-0.4, -0.2) is 31.7 Å². The molecule has 0 radical (unpaired) electrons. The third kappa shape index (κ3) is 2.76. The van der Waals surface area contributed by atoms with E-state index in [0.717, 1.165) is 6.42 Å². The lowest BCUT2D eigenvalue weighted by Gasteiger charge is -2.49. The first-order valence-electron chi connectivity index (χ1n) is 6.16. The van der Waals surface area contributed by atoms with Crippen molar-refractivity contribution >= 4 is 0 Å². The van der Waals surface area contributed by atoms with Crippen LogP contribution in [-0.2, 0) is 9.47 Å². The average molecular weight is 230 g/mol. The topological polar surface area (TPSA) is 38.7 Å². The van der Waals surface area contributed by atoms with Crippen molar-refractivity contribution in [1.82, 2.24) is 0 Å². The quantitative estimate of drug-likeness (QED) is 0.595. The summed E-state index contributed by atoms with van der Waals surface area (Å²) in [6.07, 6.45) is 0.633. The van der Waals surface area contributed by atoms with Crippen molar-refractivity contribution in [1.29, 1.82) is 0 Å². The highest BCUT2D eigenvalue weighted by Gasteiger charge is 2.44. The smallest absolute Gasteiger partial charge is 0.146 e. The van der Waals surface area contributed by atoms with E-state index in [4.69, 9.17) is 9.47 Å². The molecule has 3 heteroatoms. The van der Waals surface area contributed by atoms with E-state index in [1.807, 2.05) is 0 Å². The molecule has 1 saturated carbocycles. The first-order valence-corrected chi connectivity index (χ1v) is 6.16. The number of rotatable bonds is 4. The molecule has 0 bridgehead atoms. The SMILES string of the molecule is COCOC[C@@H]1[C@@H](C)C(C)(C)[C@@H](C)C[C@@H]1O. The van der Waals surface area contributed by atoms with Crippen LogP contribution < -0.4 is 0 Å². The van der Waals surface area contributed by atoms with E-state index in [0.29, 0.717) is 25.2 Å². The van der Waals surface area contributed by atoms with Gasteiger partial charge in [-0.05, 0) is 23.7 Å². The molecule has 0 spiro atoms. The third-order valence-corrected chi connectivity index (χ3v) is 4.69. The maximum atomic E-state index is 10.1. The van der Waals surface area contributed by atoms with E-state index >= 15 is 0 Å². The van der Waals surface area contributed by atoms with Crippen molar-refractivity contribution < 1.29 is 14.6 Å². The van der Waals surface area contributed by atoms with E-state index in [1.165, 1.54) is 0 Å². The van der Waals surface area contributed by atoms with Crippen LogP contribution in [0.5, 0.6) is 0 Å². The molecule has 1 fully saturated rings. The molecule has 0 aromatic rings. The zero-order valence-corrected chi connectivity index (χ0v) is 11.2. The molecule has 16 heavy (non-hydrogen) atoms. The van der Waals surface area contributed by atoms with E-state index in [2.05, 4.69) is 27.7 Å². The summed E-state index contributed by atoms with van der Waals surface area (Å²) in [4.78, 5) is 0. The Morgan fingerprint density at radius 1 is 1.31 bits per heavy atom. The summed E-state index contributed by atoms with van der Waals surface area (Å²) in [7, 11) is 1.62. The second-order valence-corrected chi connectivity index (χ2v) is 5.76. The van der Waals surface area contributed by atoms with E-state index in [1.54, 1.807) is 7.11 Å². The molecular formula is C13H26O3. The molecule has 0 heterocycles. The fraction of sp³-hybridized carbons (Fsp3) is 1.00. The summed E-state index contributed by atoms with van der Waals surface area (Å²) >= 11 is 0. The average Bonchev–Trinajstić information content (AvgIpc) is 2.21. The molecule has 4 atom stereocenters. The van der Waals surface area contributed by atoms with Gasteiger partial charge in [0.15, 0.2) is 0 Å². The van der Waals surface area contributed by atoms with Crippen LogP contribution in [0.15, 0.2) is 0 Å². The predicted molar refractivity (Wildman–Crippen MR) is 64.1 cm³/mol. The number of methoxy groups -OCH3 is 1. The van der Waals surface area contributed by atoms with Crippen molar-refractivity contribution in [3.8, 4) is 0 Å². The molecule has 1 rings (SSSR count). The standard InChI is InChI=1S/C13H26O3/c1-9-6-12(14)11(7-16-8-15-5)10(2)13(9,3)4/h9-12,14H,6-8H2,1-5H3/t9-,10+,11+,12-/m0/s1. The molecule has 3 nitrogen and oxygen atoms in total. The fourth-order valence-corrected chi connectivity index (χ4v) is 2.70. The maximum absolute atomic E-state index is 10.1. The molecule has 1 aliphatic rings. The van der Waals surface area contributed by atoms with Crippen molar-refractivity contribution in [2.24, 2.45) is 23.2 Å². The van der Waals surface area contributed by atoms with Crippen molar-refractivity contribution in [2.45, 2.75) is 40.2 Å². The van der Waals surface area contributed by atoms with Crippen LogP contribution in [0.3, 0.4) is 0 Å². The van der Waals surface area contributed by atoms with E-state index < -0.39 is 0 Å². The Labute approximate surface area is 99.1 Å². The first-order chi connectivity index (χ1) is 7.41. The van der Waals surface area contributed by atoms with Crippen LogP contribution in [0.1, 0.15) is 34.1 Å². The molecule has 96 valence electrons. The Kier molecular flexibility index (Phi) is 4.77. The van der Waals surface area contributed by atoms with Crippen molar-refractivity contribution in [3.63, 3.8) is 0 Å².